The first-order chi connectivity index (χ1) is 7.61. The number of oxime groups is 1. The fourth-order valence-electron chi connectivity index (χ4n) is 1.07. The Hall–Kier alpha value is -0.610. The third-order valence-corrected chi connectivity index (χ3v) is 2.60. The van der Waals surface area contributed by atoms with E-state index in [-0.39, 0.29) is 0 Å². The van der Waals surface area contributed by atoms with Gasteiger partial charge in [0.15, 0.2) is 0 Å². The van der Waals surface area contributed by atoms with Gasteiger partial charge in [-0.1, -0.05) is 25.9 Å². The molecular formula is C12H26N2O2. The number of ether oxygens (including phenoxy) is 1. The van der Waals surface area contributed by atoms with Crippen LogP contribution in [0.15, 0.2) is 5.16 Å². The molecule has 4 nitrogen and oxygen atoms in total. The molecule has 16 heavy (non-hydrogen) atoms. The second-order valence-electron chi connectivity index (χ2n) is 4.15. The minimum absolute atomic E-state index is 0.454. The van der Waals surface area contributed by atoms with E-state index < -0.39 is 0 Å². The molecule has 0 fully saturated rings. The van der Waals surface area contributed by atoms with Crippen molar-refractivity contribution < 1.29 is 9.57 Å². The van der Waals surface area contributed by atoms with E-state index in [1.54, 1.807) is 7.11 Å². The molecule has 0 N–H and O–H groups in total. The van der Waals surface area contributed by atoms with Crippen molar-refractivity contribution in [2.75, 3.05) is 40.0 Å². The highest BCUT2D eigenvalue weighted by Crippen LogP contribution is 1.97. The second kappa shape index (κ2) is 9.60. The zero-order chi connectivity index (χ0) is 12.4. The first-order valence-electron chi connectivity index (χ1n) is 5.99. The topological polar surface area (TPSA) is 34.1 Å². The molecule has 0 saturated heterocycles. The van der Waals surface area contributed by atoms with Gasteiger partial charge in [0.25, 0.3) is 0 Å². The lowest BCUT2D eigenvalue weighted by Crippen LogP contribution is -2.30. The van der Waals surface area contributed by atoms with Crippen LogP contribution < -0.4 is 0 Å². The van der Waals surface area contributed by atoms with Crippen LogP contribution >= 0.6 is 0 Å². The van der Waals surface area contributed by atoms with E-state index in [2.05, 4.69) is 30.8 Å². The lowest BCUT2D eigenvalue weighted by atomic mass is 10.1. The van der Waals surface area contributed by atoms with Gasteiger partial charge in [0.1, 0.15) is 6.61 Å². The summed E-state index contributed by atoms with van der Waals surface area (Å²) in [6, 6.07) is 0. The van der Waals surface area contributed by atoms with Crippen LogP contribution in [-0.4, -0.2) is 50.6 Å². The Kier molecular flexibility index (Phi) is 9.24. The van der Waals surface area contributed by atoms with E-state index in [1.807, 2.05) is 6.92 Å². The van der Waals surface area contributed by atoms with E-state index >= 15 is 0 Å². The largest absolute Gasteiger partial charge is 0.394 e. The molecule has 0 aromatic rings. The summed E-state index contributed by atoms with van der Waals surface area (Å²) in [5.41, 5.74) is 1.04. The van der Waals surface area contributed by atoms with Crippen molar-refractivity contribution in [2.24, 2.45) is 11.1 Å². The molecule has 96 valence electrons. The molecule has 0 aliphatic heterocycles. The van der Waals surface area contributed by atoms with Crippen molar-refractivity contribution in [2.45, 2.75) is 27.7 Å². The standard InChI is InChI=1S/C12H26N2O2/c1-6-14(7-9-15-5)8-10-16-13-12(4)11(2)3/h11H,6-10H2,1-5H3/b13-12+. The maximum Gasteiger partial charge on any atom is 0.129 e. The maximum atomic E-state index is 5.27. The average molecular weight is 230 g/mol. The van der Waals surface area contributed by atoms with Crippen LogP contribution in [0.2, 0.25) is 0 Å². The Bertz CT molecular complexity index is 193. The predicted molar refractivity (Wildman–Crippen MR) is 67.9 cm³/mol. The molecule has 0 atom stereocenters. The molecular weight excluding hydrogens is 204 g/mol. The molecule has 4 heteroatoms. The first kappa shape index (κ1) is 15.4. The monoisotopic (exact) mass is 230 g/mol. The van der Waals surface area contributed by atoms with Crippen LogP contribution in [0, 0.1) is 5.92 Å². The van der Waals surface area contributed by atoms with Gasteiger partial charge < -0.3 is 9.57 Å². The summed E-state index contributed by atoms with van der Waals surface area (Å²) in [5, 5.41) is 4.07. The van der Waals surface area contributed by atoms with Gasteiger partial charge in [-0.05, 0) is 19.4 Å². The van der Waals surface area contributed by atoms with E-state index in [4.69, 9.17) is 9.57 Å². The van der Waals surface area contributed by atoms with Crippen molar-refractivity contribution in [3.05, 3.63) is 0 Å². The SMILES string of the molecule is CCN(CCOC)CCO/N=C(\C)C(C)C. The molecule has 0 aromatic heterocycles. The highest BCUT2D eigenvalue weighted by atomic mass is 16.6. The Morgan fingerprint density at radius 2 is 1.88 bits per heavy atom. The van der Waals surface area contributed by atoms with E-state index in [0.29, 0.717) is 12.5 Å². The summed E-state index contributed by atoms with van der Waals surface area (Å²) in [5.74, 6) is 0.454. The maximum absolute atomic E-state index is 5.27. The Labute approximate surface area is 99.6 Å². The Balaban J connectivity index is 3.66. The molecule has 0 heterocycles. The van der Waals surface area contributed by atoms with Crippen LogP contribution in [0.3, 0.4) is 0 Å². The van der Waals surface area contributed by atoms with Crippen molar-refractivity contribution in [3.63, 3.8) is 0 Å². The minimum Gasteiger partial charge on any atom is -0.394 e. The van der Waals surface area contributed by atoms with Gasteiger partial charge in [0.2, 0.25) is 0 Å². The number of rotatable bonds is 9. The molecule has 0 aromatic carbocycles. The summed E-state index contributed by atoms with van der Waals surface area (Å²) >= 11 is 0. The third-order valence-electron chi connectivity index (χ3n) is 2.60. The third kappa shape index (κ3) is 7.65. The predicted octanol–water partition coefficient (Wildman–Crippen LogP) is 2.00. The fraction of sp³-hybridized carbons (Fsp3) is 0.917. The Morgan fingerprint density at radius 3 is 2.38 bits per heavy atom. The van der Waals surface area contributed by atoms with Crippen molar-refractivity contribution in [1.29, 1.82) is 0 Å². The van der Waals surface area contributed by atoms with Crippen molar-refractivity contribution in [1.82, 2.24) is 4.90 Å². The second-order valence-corrected chi connectivity index (χ2v) is 4.15. The van der Waals surface area contributed by atoms with Gasteiger partial charge in [-0.3, -0.25) is 4.90 Å². The molecule has 0 saturated carbocycles. The molecule has 0 bridgehead atoms. The van der Waals surface area contributed by atoms with Gasteiger partial charge in [-0.2, -0.15) is 0 Å². The molecule has 0 rings (SSSR count). The normalized spacial score (nSPS) is 12.6. The number of likely N-dealkylation sites (N-methyl/N-ethyl adjacent to an activating group) is 1. The van der Waals surface area contributed by atoms with Gasteiger partial charge in [-0.25, -0.2) is 0 Å². The van der Waals surface area contributed by atoms with Crippen LogP contribution in [0.4, 0.5) is 0 Å². The zero-order valence-electron chi connectivity index (χ0n) is 11.3. The van der Waals surface area contributed by atoms with Gasteiger partial charge in [-0.15, -0.1) is 0 Å². The molecule has 0 radical (unpaired) electrons. The average Bonchev–Trinajstić information content (AvgIpc) is 2.27. The number of hydrogen-bond donors (Lipinski definition) is 0. The molecule has 0 aliphatic rings. The molecule has 0 spiro atoms. The summed E-state index contributed by atoms with van der Waals surface area (Å²) in [7, 11) is 1.72. The van der Waals surface area contributed by atoms with Gasteiger partial charge in [0.05, 0.1) is 12.3 Å². The van der Waals surface area contributed by atoms with Crippen molar-refractivity contribution >= 4 is 5.71 Å². The summed E-state index contributed by atoms with van der Waals surface area (Å²) in [6.45, 7) is 12.6. The van der Waals surface area contributed by atoms with E-state index in [1.165, 1.54) is 0 Å². The summed E-state index contributed by atoms with van der Waals surface area (Å²) in [4.78, 5) is 7.56. The zero-order valence-corrected chi connectivity index (χ0v) is 11.3. The minimum atomic E-state index is 0.454. The van der Waals surface area contributed by atoms with Crippen LogP contribution in [0.1, 0.15) is 27.7 Å². The highest BCUT2D eigenvalue weighted by molar-refractivity contribution is 5.83. The summed E-state index contributed by atoms with van der Waals surface area (Å²) in [6.07, 6.45) is 0. The lowest BCUT2D eigenvalue weighted by molar-refractivity contribution is 0.0943. The van der Waals surface area contributed by atoms with Crippen LogP contribution in [-0.2, 0) is 9.57 Å². The quantitative estimate of drug-likeness (QED) is 0.345. The first-order valence-corrected chi connectivity index (χ1v) is 5.99. The van der Waals surface area contributed by atoms with Crippen LogP contribution in [0.25, 0.3) is 0 Å². The van der Waals surface area contributed by atoms with Crippen molar-refractivity contribution in [3.8, 4) is 0 Å². The number of methoxy groups -OCH3 is 1. The van der Waals surface area contributed by atoms with Gasteiger partial charge in [0, 0.05) is 20.2 Å². The Morgan fingerprint density at radius 1 is 1.25 bits per heavy atom. The number of hydrogen-bond acceptors (Lipinski definition) is 4. The highest BCUT2D eigenvalue weighted by Gasteiger charge is 2.02. The summed E-state index contributed by atoms with van der Waals surface area (Å²) < 4.78 is 5.04. The van der Waals surface area contributed by atoms with Gasteiger partial charge >= 0.3 is 0 Å². The fourth-order valence-corrected chi connectivity index (χ4v) is 1.07. The lowest BCUT2D eigenvalue weighted by Gasteiger charge is -2.18. The molecule has 0 unspecified atom stereocenters. The molecule has 0 aliphatic carbocycles. The molecule has 0 amide bonds. The number of nitrogens with zero attached hydrogens (tertiary/aromatic N) is 2. The van der Waals surface area contributed by atoms with E-state index in [9.17, 15) is 0 Å². The van der Waals surface area contributed by atoms with E-state index in [0.717, 1.165) is 32.0 Å². The van der Waals surface area contributed by atoms with Crippen LogP contribution in [0.5, 0.6) is 0 Å². The smallest absolute Gasteiger partial charge is 0.129 e.